The van der Waals surface area contributed by atoms with E-state index in [0.29, 0.717) is 0 Å². The molecular formula is C51H34N2O. The third kappa shape index (κ3) is 5.88. The molecule has 0 bridgehead atoms. The number of aromatic nitrogens is 1. The van der Waals surface area contributed by atoms with Gasteiger partial charge in [-0.2, -0.15) is 0 Å². The normalized spacial score (nSPS) is 11.3. The Morgan fingerprint density at radius 3 is 1.26 bits per heavy atom. The Hall–Kier alpha value is -7.23. The van der Waals surface area contributed by atoms with Gasteiger partial charge in [-0.25, -0.2) is 0 Å². The number of furan rings is 1. The van der Waals surface area contributed by atoms with Gasteiger partial charge in [0.15, 0.2) is 5.58 Å². The Morgan fingerprint density at radius 2 is 0.759 bits per heavy atom. The van der Waals surface area contributed by atoms with E-state index < -0.39 is 0 Å². The molecule has 3 nitrogen and oxygen atoms in total. The summed E-state index contributed by atoms with van der Waals surface area (Å²) in [6, 6.07) is 69.4. The Kier molecular flexibility index (Phi) is 7.81. The van der Waals surface area contributed by atoms with Crippen molar-refractivity contribution in [2.75, 3.05) is 4.90 Å². The van der Waals surface area contributed by atoms with Crippen LogP contribution in [-0.2, 0) is 0 Å². The molecule has 0 saturated heterocycles. The Bertz CT molecular complexity index is 2910. The first-order valence-electron chi connectivity index (χ1n) is 18.3. The number of benzene rings is 8. The lowest BCUT2D eigenvalue weighted by atomic mass is 9.98. The highest BCUT2D eigenvalue weighted by molar-refractivity contribution is 5.92. The predicted octanol–water partition coefficient (Wildman–Crippen LogP) is 14.3. The van der Waals surface area contributed by atoms with Gasteiger partial charge in [0.2, 0.25) is 0 Å². The Morgan fingerprint density at radius 1 is 0.352 bits per heavy atom. The number of pyridine rings is 1. The first-order chi connectivity index (χ1) is 26.7. The molecule has 2 aromatic heterocycles. The summed E-state index contributed by atoms with van der Waals surface area (Å²) in [5, 5.41) is 5.00. The van der Waals surface area contributed by atoms with Crippen LogP contribution in [-0.4, -0.2) is 4.98 Å². The molecule has 254 valence electrons. The molecule has 0 atom stereocenters. The van der Waals surface area contributed by atoms with E-state index in [1.807, 2.05) is 18.3 Å². The lowest BCUT2D eigenvalue weighted by Gasteiger charge is -2.26. The standard InChI is InChI=1S/C51H34N2O/c1-3-8-42-32-44(17-15-35(42)6-1)39-13-11-37(12-14-39)38-19-25-46(26-20-38)53(48-29-23-41(24-30-48)49-34-54-50-10-5-31-52-51(49)50)47-27-21-40(22-28-47)45-18-16-36-7-2-4-9-43(36)33-45/h1-34H. The summed E-state index contributed by atoms with van der Waals surface area (Å²) in [4.78, 5) is 6.89. The Balaban J connectivity index is 0.981. The lowest BCUT2D eigenvalue weighted by Crippen LogP contribution is -2.09. The van der Waals surface area contributed by atoms with Crippen LogP contribution in [0, 0.1) is 0 Å². The van der Waals surface area contributed by atoms with Crippen molar-refractivity contribution < 1.29 is 4.42 Å². The second-order valence-electron chi connectivity index (χ2n) is 13.7. The van der Waals surface area contributed by atoms with E-state index in [2.05, 4.69) is 192 Å². The first-order valence-corrected chi connectivity index (χ1v) is 18.3. The molecule has 0 aliphatic carbocycles. The zero-order valence-electron chi connectivity index (χ0n) is 29.4. The Labute approximate surface area is 314 Å². The number of anilines is 3. The maximum atomic E-state index is 5.81. The summed E-state index contributed by atoms with van der Waals surface area (Å²) in [5.41, 5.74) is 14.1. The highest BCUT2D eigenvalue weighted by Crippen LogP contribution is 2.39. The molecule has 8 aromatic carbocycles. The smallest absolute Gasteiger partial charge is 0.152 e. The number of nitrogens with zero attached hydrogens (tertiary/aromatic N) is 2. The minimum absolute atomic E-state index is 0.785. The molecule has 54 heavy (non-hydrogen) atoms. The van der Waals surface area contributed by atoms with E-state index >= 15 is 0 Å². The average molecular weight is 691 g/mol. The fourth-order valence-corrected chi connectivity index (χ4v) is 7.51. The summed E-state index contributed by atoms with van der Waals surface area (Å²) in [6.07, 6.45) is 3.60. The molecule has 0 amide bonds. The van der Waals surface area contributed by atoms with E-state index in [-0.39, 0.29) is 0 Å². The topological polar surface area (TPSA) is 29.3 Å². The van der Waals surface area contributed by atoms with Crippen molar-refractivity contribution in [2.45, 2.75) is 0 Å². The molecule has 0 fully saturated rings. The second kappa shape index (κ2) is 13.4. The molecule has 0 aliphatic heterocycles. The number of fused-ring (bicyclic) bond motifs is 3. The lowest BCUT2D eigenvalue weighted by molar-refractivity contribution is 0.616. The zero-order valence-corrected chi connectivity index (χ0v) is 29.4. The van der Waals surface area contributed by atoms with E-state index in [4.69, 9.17) is 4.42 Å². The van der Waals surface area contributed by atoms with Crippen LogP contribution in [0.25, 0.3) is 77.2 Å². The first kappa shape index (κ1) is 31.5. The maximum absolute atomic E-state index is 5.81. The van der Waals surface area contributed by atoms with Crippen LogP contribution in [0.1, 0.15) is 0 Å². The van der Waals surface area contributed by atoms with Gasteiger partial charge in [-0.05, 0) is 121 Å². The highest BCUT2D eigenvalue weighted by atomic mass is 16.3. The van der Waals surface area contributed by atoms with E-state index in [9.17, 15) is 0 Å². The van der Waals surface area contributed by atoms with Crippen LogP contribution >= 0.6 is 0 Å². The van der Waals surface area contributed by atoms with Crippen molar-refractivity contribution in [3.05, 3.63) is 207 Å². The molecule has 3 heteroatoms. The van der Waals surface area contributed by atoms with Crippen molar-refractivity contribution in [1.29, 1.82) is 0 Å². The highest BCUT2D eigenvalue weighted by Gasteiger charge is 2.15. The number of hydrogen-bond donors (Lipinski definition) is 0. The van der Waals surface area contributed by atoms with E-state index in [0.717, 1.165) is 39.3 Å². The van der Waals surface area contributed by atoms with Gasteiger partial charge in [0.1, 0.15) is 11.8 Å². The molecular weight excluding hydrogens is 657 g/mol. The third-order valence-electron chi connectivity index (χ3n) is 10.4. The van der Waals surface area contributed by atoms with Crippen molar-refractivity contribution in [3.63, 3.8) is 0 Å². The molecule has 10 aromatic rings. The number of rotatable bonds is 7. The van der Waals surface area contributed by atoms with Gasteiger partial charge in [0, 0.05) is 28.8 Å². The fraction of sp³-hybridized carbons (Fsp3) is 0. The summed E-state index contributed by atoms with van der Waals surface area (Å²) >= 11 is 0. The molecule has 0 saturated carbocycles. The largest absolute Gasteiger partial charge is 0.462 e. The summed E-state index contributed by atoms with van der Waals surface area (Å²) < 4.78 is 5.81. The van der Waals surface area contributed by atoms with Crippen LogP contribution < -0.4 is 4.90 Å². The SMILES string of the molecule is c1ccc2cc(-c3ccc(-c4ccc(N(c5ccc(-c6ccc7ccccc7c6)cc5)c5ccc(-c6coc7cccnc67)cc5)cc4)cc3)ccc2c1. The summed E-state index contributed by atoms with van der Waals surface area (Å²) in [7, 11) is 0. The average Bonchev–Trinajstić information content (AvgIpc) is 3.69. The maximum Gasteiger partial charge on any atom is 0.152 e. The molecule has 0 spiro atoms. The fourth-order valence-electron chi connectivity index (χ4n) is 7.51. The third-order valence-corrected chi connectivity index (χ3v) is 10.4. The van der Waals surface area contributed by atoms with Gasteiger partial charge in [-0.3, -0.25) is 4.98 Å². The minimum Gasteiger partial charge on any atom is -0.462 e. The van der Waals surface area contributed by atoms with Gasteiger partial charge in [-0.15, -0.1) is 0 Å². The second-order valence-corrected chi connectivity index (χ2v) is 13.7. The van der Waals surface area contributed by atoms with Crippen LogP contribution in [0.15, 0.2) is 211 Å². The molecule has 0 radical (unpaired) electrons. The van der Waals surface area contributed by atoms with Gasteiger partial charge < -0.3 is 9.32 Å². The quantitative estimate of drug-likeness (QED) is 0.167. The van der Waals surface area contributed by atoms with Crippen LogP contribution in [0.5, 0.6) is 0 Å². The van der Waals surface area contributed by atoms with Crippen molar-refractivity contribution in [1.82, 2.24) is 4.98 Å². The zero-order chi connectivity index (χ0) is 35.8. The predicted molar refractivity (Wildman–Crippen MR) is 225 cm³/mol. The van der Waals surface area contributed by atoms with E-state index in [1.54, 1.807) is 6.26 Å². The van der Waals surface area contributed by atoms with Gasteiger partial charge in [0.25, 0.3) is 0 Å². The molecule has 0 N–H and O–H groups in total. The van der Waals surface area contributed by atoms with Gasteiger partial charge >= 0.3 is 0 Å². The molecule has 2 heterocycles. The monoisotopic (exact) mass is 690 g/mol. The molecule has 0 unspecified atom stereocenters. The van der Waals surface area contributed by atoms with Crippen molar-refractivity contribution >= 4 is 49.7 Å². The van der Waals surface area contributed by atoms with Gasteiger partial charge in [0.05, 0.1) is 0 Å². The van der Waals surface area contributed by atoms with Crippen molar-refractivity contribution in [3.8, 4) is 44.5 Å². The number of hydrogen-bond acceptors (Lipinski definition) is 3. The minimum atomic E-state index is 0.785. The summed E-state index contributed by atoms with van der Waals surface area (Å²) in [6.45, 7) is 0. The van der Waals surface area contributed by atoms with Crippen LogP contribution in [0.3, 0.4) is 0 Å². The molecule has 10 rings (SSSR count). The summed E-state index contributed by atoms with van der Waals surface area (Å²) in [5.74, 6) is 0. The molecule has 0 aliphatic rings. The van der Waals surface area contributed by atoms with Crippen LogP contribution in [0.2, 0.25) is 0 Å². The van der Waals surface area contributed by atoms with Crippen LogP contribution in [0.4, 0.5) is 17.1 Å². The van der Waals surface area contributed by atoms with Gasteiger partial charge in [-0.1, -0.05) is 133 Å². The van der Waals surface area contributed by atoms with E-state index in [1.165, 1.54) is 54.9 Å². The van der Waals surface area contributed by atoms with Crippen molar-refractivity contribution in [2.24, 2.45) is 0 Å².